The van der Waals surface area contributed by atoms with Crippen molar-refractivity contribution in [2.75, 3.05) is 6.61 Å². The van der Waals surface area contributed by atoms with Crippen molar-refractivity contribution < 1.29 is 5.11 Å². The van der Waals surface area contributed by atoms with Crippen LogP contribution in [0.4, 0.5) is 0 Å². The van der Waals surface area contributed by atoms with E-state index in [1.165, 1.54) is 5.56 Å². The van der Waals surface area contributed by atoms with Crippen LogP contribution in [0.3, 0.4) is 0 Å². The molecule has 0 heterocycles. The number of hydrogen-bond acceptors (Lipinski definition) is 2. The molecular weight excluding hydrogens is 253 g/mol. The number of aliphatic hydroxyl groups is 1. The molecule has 0 saturated carbocycles. The maximum atomic E-state index is 8.84. The number of rotatable bonds is 2. The zero-order valence-corrected chi connectivity index (χ0v) is 9.73. The molecule has 3 N–H and O–H groups in total. The van der Waals surface area contributed by atoms with Crippen LogP contribution < -0.4 is 5.73 Å². The first-order chi connectivity index (χ1) is 5.65. The number of aliphatic hydroxyl groups excluding tert-OH is 1. The van der Waals surface area contributed by atoms with Gasteiger partial charge in [0.05, 0.1) is 12.6 Å². The zero-order chi connectivity index (χ0) is 9.14. The first kappa shape index (κ1) is 12.9. The fourth-order valence-corrected chi connectivity index (χ4v) is 1.82. The molecule has 0 radical (unpaired) electrons. The van der Waals surface area contributed by atoms with E-state index < -0.39 is 0 Å². The topological polar surface area (TPSA) is 46.2 Å². The summed E-state index contributed by atoms with van der Waals surface area (Å²) in [6.45, 7) is 1.99. The average molecular weight is 267 g/mol. The van der Waals surface area contributed by atoms with Gasteiger partial charge in [0.25, 0.3) is 0 Å². The molecule has 0 saturated heterocycles. The summed E-state index contributed by atoms with van der Waals surface area (Å²) in [7, 11) is 0. The third-order valence-electron chi connectivity index (χ3n) is 1.75. The van der Waals surface area contributed by atoms with Crippen molar-refractivity contribution in [2.45, 2.75) is 13.0 Å². The van der Waals surface area contributed by atoms with E-state index in [1.54, 1.807) is 0 Å². The molecule has 1 atom stereocenters. The van der Waals surface area contributed by atoms with Gasteiger partial charge in [-0.3, -0.25) is 0 Å². The van der Waals surface area contributed by atoms with Gasteiger partial charge in [0.2, 0.25) is 0 Å². The Kier molecular flexibility index (Phi) is 5.56. The first-order valence-electron chi connectivity index (χ1n) is 3.77. The van der Waals surface area contributed by atoms with Crippen molar-refractivity contribution in [3.63, 3.8) is 0 Å². The molecule has 0 fully saturated rings. The third-order valence-corrected chi connectivity index (χ3v) is 2.44. The van der Waals surface area contributed by atoms with Crippen molar-refractivity contribution in [3.8, 4) is 0 Å². The van der Waals surface area contributed by atoms with Gasteiger partial charge in [-0.25, -0.2) is 0 Å². The molecule has 0 aliphatic rings. The molecule has 2 nitrogen and oxygen atoms in total. The molecule has 0 bridgehead atoms. The first-order valence-corrected chi connectivity index (χ1v) is 4.57. The Hall–Kier alpha value is -0.0900. The molecule has 1 rings (SSSR count). The molecule has 0 amide bonds. The SMILES string of the molecule is Cc1ccc([C@@H](N)CO)c(Br)c1.Cl. The molecule has 1 aromatic carbocycles. The van der Waals surface area contributed by atoms with E-state index >= 15 is 0 Å². The normalized spacial score (nSPS) is 12.0. The minimum absolute atomic E-state index is 0. The van der Waals surface area contributed by atoms with Gasteiger partial charge < -0.3 is 10.8 Å². The van der Waals surface area contributed by atoms with Crippen molar-refractivity contribution in [3.05, 3.63) is 33.8 Å². The van der Waals surface area contributed by atoms with E-state index in [2.05, 4.69) is 15.9 Å². The summed E-state index contributed by atoms with van der Waals surface area (Å²) in [4.78, 5) is 0. The third kappa shape index (κ3) is 3.27. The lowest BCUT2D eigenvalue weighted by molar-refractivity contribution is 0.267. The fraction of sp³-hybridized carbons (Fsp3) is 0.333. The number of benzene rings is 1. The second-order valence-electron chi connectivity index (χ2n) is 2.81. The minimum Gasteiger partial charge on any atom is -0.394 e. The Morgan fingerprint density at radius 1 is 1.54 bits per heavy atom. The Bertz CT molecular complexity index is 280. The average Bonchev–Trinajstić information content (AvgIpc) is 2.03. The van der Waals surface area contributed by atoms with Gasteiger partial charge in [-0.15, -0.1) is 12.4 Å². The zero-order valence-electron chi connectivity index (χ0n) is 7.33. The highest BCUT2D eigenvalue weighted by Crippen LogP contribution is 2.22. The predicted molar refractivity (Wildman–Crippen MR) is 60.1 cm³/mol. The summed E-state index contributed by atoms with van der Waals surface area (Å²) in [5.41, 5.74) is 7.79. The summed E-state index contributed by atoms with van der Waals surface area (Å²) in [6, 6.07) is 5.61. The van der Waals surface area contributed by atoms with E-state index in [-0.39, 0.29) is 25.1 Å². The predicted octanol–water partition coefficient (Wildman–Crippen LogP) is 2.17. The van der Waals surface area contributed by atoms with Crippen LogP contribution in [-0.2, 0) is 0 Å². The van der Waals surface area contributed by atoms with Gasteiger partial charge in [-0.1, -0.05) is 28.1 Å². The fourth-order valence-electron chi connectivity index (χ4n) is 1.03. The second kappa shape index (κ2) is 5.60. The van der Waals surface area contributed by atoms with Gasteiger partial charge >= 0.3 is 0 Å². The summed E-state index contributed by atoms with van der Waals surface area (Å²) in [5.74, 6) is 0. The van der Waals surface area contributed by atoms with Gasteiger partial charge in [0.15, 0.2) is 0 Å². The van der Waals surface area contributed by atoms with Crippen molar-refractivity contribution >= 4 is 28.3 Å². The quantitative estimate of drug-likeness (QED) is 0.862. The van der Waals surface area contributed by atoms with Gasteiger partial charge in [0.1, 0.15) is 0 Å². The Morgan fingerprint density at radius 3 is 2.62 bits per heavy atom. The lowest BCUT2D eigenvalue weighted by Crippen LogP contribution is -2.14. The van der Waals surface area contributed by atoms with E-state index in [0.29, 0.717) is 0 Å². The lowest BCUT2D eigenvalue weighted by Gasteiger charge is -2.10. The summed E-state index contributed by atoms with van der Waals surface area (Å²) < 4.78 is 0.962. The Morgan fingerprint density at radius 2 is 2.15 bits per heavy atom. The number of hydrogen-bond donors (Lipinski definition) is 2. The highest BCUT2D eigenvalue weighted by Gasteiger charge is 2.07. The molecule has 0 spiro atoms. The van der Waals surface area contributed by atoms with E-state index in [1.807, 2.05) is 25.1 Å². The highest BCUT2D eigenvalue weighted by molar-refractivity contribution is 9.10. The van der Waals surface area contributed by atoms with Crippen molar-refractivity contribution in [2.24, 2.45) is 5.73 Å². The summed E-state index contributed by atoms with van der Waals surface area (Å²) >= 11 is 3.40. The van der Waals surface area contributed by atoms with E-state index in [0.717, 1.165) is 10.0 Å². The van der Waals surface area contributed by atoms with Crippen LogP contribution in [0, 0.1) is 6.92 Å². The second-order valence-corrected chi connectivity index (χ2v) is 3.67. The standard InChI is InChI=1S/C9H12BrNO.ClH/c1-6-2-3-7(8(10)4-6)9(11)5-12;/h2-4,9,12H,5,11H2,1H3;1H/t9-;/m0./s1. The number of halogens is 2. The van der Waals surface area contributed by atoms with E-state index in [9.17, 15) is 0 Å². The van der Waals surface area contributed by atoms with Crippen LogP contribution in [0.1, 0.15) is 17.2 Å². The maximum absolute atomic E-state index is 8.84. The maximum Gasteiger partial charge on any atom is 0.0624 e. The largest absolute Gasteiger partial charge is 0.394 e. The van der Waals surface area contributed by atoms with Crippen LogP contribution in [0.25, 0.3) is 0 Å². The molecule has 0 aromatic heterocycles. The molecule has 74 valence electrons. The number of aryl methyl sites for hydroxylation is 1. The lowest BCUT2D eigenvalue weighted by atomic mass is 10.1. The minimum atomic E-state index is -0.292. The molecular formula is C9H13BrClNO. The monoisotopic (exact) mass is 265 g/mol. The van der Waals surface area contributed by atoms with Gasteiger partial charge in [0, 0.05) is 4.47 Å². The van der Waals surface area contributed by atoms with E-state index in [4.69, 9.17) is 10.8 Å². The molecule has 1 aromatic rings. The highest BCUT2D eigenvalue weighted by atomic mass is 79.9. The molecule has 0 aliphatic heterocycles. The van der Waals surface area contributed by atoms with Crippen LogP contribution in [-0.4, -0.2) is 11.7 Å². The Labute approximate surface area is 92.7 Å². The number of nitrogens with two attached hydrogens (primary N) is 1. The van der Waals surface area contributed by atoms with Crippen molar-refractivity contribution in [1.82, 2.24) is 0 Å². The van der Waals surface area contributed by atoms with Gasteiger partial charge in [-0.05, 0) is 24.1 Å². The summed E-state index contributed by atoms with van der Waals surface area (Å²) in [6.07, 6.45) is 0. The Balaban J connectivity index is 0.00000144. The molecule has 13 heavy (non-hydrogen) atoms. The summed E-state index contributed by atoms with van der Waals surface area (Å²) in [5, 5.41) is 8.84. The molecule has 4 heteroatoms. The van der Waals surface area contributed by atoms with Crippen LogP contribution in [0.5, 0.6) is 0 Å². The van der Waals surface area contributed by atoms with Crippen LogP contribution >= 0.6 is 28.3 Å². The van der Waals surface area contributed by atoms with Crippen LogP contribution in [0.15, 0.2) is 22.7 Å². The molecule has 0 aliphatic carbocycles. The molecule has 0 unspecified atom stereocenters. The van der Waals surface area contributed by atoms with Gasteiger partial charge in [-0.2, -0.15) is 0 Å². The smallest absolute Gasteiger partial charge is 0.0624 e. The van der Waals surface area contributed by atoms with Crippen LogP contribution in [0.2, 0.25) is 0 Å². The van der Waals surface area contributed by atoms with Crippen molar-refractivity contribution in [1.29, 1.82) is 0 Å².